The smallest absolute Gasteiger partial charge is 0.407 e. The van der Waals surface area contributed by atoms with E-state index in [4.69, 9.17) is 15.1 Å². The molecule has 0 spiro atoms. The maximum absolute atomic E-state index is 12.2. The zero-order chi connectivity index (χ0) is 17.5. The van der Waals surface area contributed by atoms with Crippen LogP contribution in [0.15, 0.2) is 12.3 Å². The Morgan fingerprint density at radius 3 is 2.79 bits per heavy atom. The summed E-state index contributed by atoms with van der Waals surface area (Å²) in [6.45, 7) is -0.220. The summed E-state index contributed by atoms with van der Waals surface area (Å²) in [7, 11) is 0. The van der Waals surface area contributed by atoms with Gasteiger partial charge in [0.15, 0.2) is 0 Å². The standard InChI is InChI=1S/C15H17FN4O4/c16-3-6-24-13-7-12(18-9-10(13)8-17)14(21)19-11-1-4-20(5-2-11)15(22)23/h7,9,11H,1-6H2,(H,19,21)(H,22,23). The van der Waals surface area contributed by atoms with Crippen LogP contribution >= 0.6 is 0 Å². The molecule has 1 aliphatic heterocycles. The van der Waals surface area contributed by atoms with Gasteiger partial charge in [-0.25, -0.2) is 14.2 Å². The Balaban J connectivity index is 2.00. The number of alkyl halides is 1. The Kier molecular flexibility index (Phi) is 5.89. The van der Waals surface area contributed by atoms with Crippen molar-refractivity contribution < 1.29 is 23.8 Å². The molecule has 1 aromatic heterocycles. The Labute approximate surface area is 137 Å². The third-order valence-corrected chi connectivity index (χ3v) is 3.65. The maximum atomic E-state index is 12.2. The highest BCUT2D eigenvalue weighted by Gasteiger charge is 2.24. The minimum Gasteiger partial charge on any atom is -0.489 e. The first-order valence-electron chi connectivity index (χ1n) is 7.42. The monoisotopic (exact) mass is 336 g/mol. The normalized spacial score (nSPS) is 14.8. The zero-order valence-electron chi connectivity index (χ0n) is 12.9. The summed E-state index contributed by atoms with van der Waals surface area (Å²) < 4.78 is 17.3. The van der Waals surface area contributed by atoms with Crippen molar-refractivity contribution >= 4 is 12.0 Å². The van der Waals surface area contributed by atoms with Crippen molar-refractivity contribution in [3.05, 3.63) is 23.5 Å². The van der Waals surface area contributed by atoms with Gasteiger partial charge in [0.25, 0.3) is 5.91 Å². The van der Waals surface area contributed by atoms with Gasteiger partial charge in [0.2, 0.25) is 0 Å². The van der Waals surface area contributed by atoms with Crippen LogP contribution in [0.2, 0.25) is 0 Å². The van der Waals surface area contributed by atoms with Crippen LogP contribution in [0.3, 0.4) is 0 Å². The van der Waals surface area contributed by atoms with Gasteiger partial charge in [0.1, 0.15) is 36.4 Å². The number of carbonyl (C=O) groups is 2. The van der Waals surface area contributed by atoms with Gasteiger partial charge in [0, 0.05) is 31.4 Å². The van der Waals surface area contributed by atoms with Gasteiger partial charge in [-0.2, -0.15) is 5.26 Å². The molecule has 1 fully saturated rings. The van der Waals surface area contributed by atoms with E-state index in [2.05, 4.69) is 10.3 Å². The van der Waals surface area contributed by atoms with Crippen molar-refractivity contribution in [2.45, 2.75) is 18.9 Å². The number of pyridine rings is 1. The number of aromatic nitrogens is 1. The van der Waals surface area contributed by atoms with Crippen LogP contribution in [0.4, 0.5) is 9.18 Å². The Morgan fingerprint density at radius 1 is 1.50 bits per heavy atom. The van der Waals surface area contributed by atoms with E-state index in [0.29, 0.717) is 25.9 Å². The fourth-order valence-electron chi connectivity index (χ4n) is 2.39. The number of hydrogen-bond donors (Lipinski definition) is 2. The number of piperidine rings is 1. The highest BCUT2D eigenvalue weighted by molar-refractivity contribution is 5.93. The first-order valence-corrected chi connectivity index (χ1v) is 7.42. The lowest BCUT2D eigenvalue weighted by Crippen LogP contribution is -2.46. The van der Waals surface area contributed by atoms with Crippen molar-refractivity contribution in [1.29, 1.82) is 5.26 Å². The number of likely N-dealkylation sites (tertiary alicyclic amines) is 1. The topological polar surface area (TPSA) is 116 Å². The molecule has 0 saturated carbocycles. The number of rotatable bonds is 5. The average Bonchev–Trinajstić information content (AvgIpc) is 2.60. The molecule has 2 amide bonds. The second-order valence-electron chi connectivity index (χ2n) is 5.23. The molecule has 2 N–H and O–H groups in total. The molecule has 8 nitrogen and oxygen atoms in total. The molecule has 1 aromatic rings. The predicted octanol–water partition coefficient (Wildman–Crippen LogP) is 1.17. The summed E-state index contributed by atoms with van der Waals surface area (Å²) in [5, 5.41) is 20.6. The van der Waals surface area contributed by atoms with E-state index in [0.717, 1.165) is 0 Å². The Bertz CT molecular complexity index is 653. The van der Waals surface area contributed by atoms with Crippen LogP contribution < -0.4 is 10.1 Å². The number of halogens is 1. The van der Waals surface area contributed by atoms with Gasteiger partial charge in [-0.1, -0.05) is 0 Å². The van der Waals surface area contributed by atoms with Crippen molar-refractivity contribution in [1.82, 2.24) is 15.2 Å². The number of ether oxygens (including phenoxy) is 1. The van der Waals surface area contributed by atoms with Gasteiger partial charge in [-0.15, -0.1) is 0 Å². The van der Waals surface area contributed by atoms with Gasteiger partial charge in [0.05, 0.1) is 0 Å². The molecule has 128 valence electrons. The van der Waals surface area contributed by atoms with Crippen LogP contribution in [-0.2, 0) is 0 Å². The number of carboxylic acid groups (broad SMARTS) is 1. The van der Waals surface area contributed by atoms with Crippen LogP contribution in [0.1, 0.15) is 28.9 Å². The number of nitrogens with one attached hydrogen (secondary N) is 1. The summed E-state index contributed by atoms with van der Waals surface area (Å²) in [5.41, 5.74) is 0.179. The molecule has 1 saturated heterocycles. The number of amides is 2. The van der Waals surface area contributed by atoms with E-state index < -0.39 is 18.7 Å². The van der Waals surface area contributed by atoms with Crippen LogP contribution in [0, 0.1) is 11.3 Å². The Morgan fingerprint density at radius 2 is 2.21 bits per heavy atom. The van der Waals surface area contributed by atoms with Crippen molar-refractivity contribution in [2.24, 2.45) is 0 Å². The molecular formula is C15H17FN4O4. The summed E-state index contributed by atoms with van der Waals surface area (Å²) in [6, 6.07) is 3.01. The second-order valence-corrected chi connectivity index (χ2v) is 5.23. The molecule has 24 heavy (non-hydrogen) atoms. The molecule has 2 heterocycles. The van der Waals surface area contributed by atoms with Gasteiger partial charge >= 0.3 is 6.09 Å². The van der Waals surface area contributed by atoms with Gasteiger partial charge in [-0.3, -0.25) is 4.79 Å². The van der Waals surface area contributed by atoms with Crippen LogP contribution in [-0.4, -0.2) is 59.4 Å². The zero-order valence-corrected chi connectivity index (χ0v) is 12.9. The molecule has 0 bridgehead atoms. The molecule has 0 atom stereocenters. The largest absolute Gasteiger partial charge is 0.489 e. The van der Waals surface area contributed by atoms with Crippen molar-refractivity contribution in [3.63, 3.8) is 0 Å². The number of carbonyl (C=O) groups excluding carboxylic acids is 1. The van der Waals surface area contributed by atoms with E-state index in [9.17, 15) is 14.0 Å². The highest BCUT2D eigenvalue weighted by Crippen LogP contribution is 2.18. The minimum atomic E-state index is -0.969. The fraction of sp³-hybridized carbons (Fsp3) is 0.467. The van der Waals surface area contributed by atoms with Crippen molar-refractivity contribution in [2.75, 3.05) is 26.4 Å². The lowest BCUT2D eigenvalue weighted by atomic mass is 10.1. The molecule has 9 heteroatoms. The fourth-order valence-corrected chi connectivity index (χ4v) is 2.39. The summed E-state index contributed by atoms with van der Waals surface area (Å²) in [4.78, 5) is 28.3. The van der Waals surface area contributed by atoms with E-state index in [-0.39, 0.29) is 29.7 Å². The van der Waals surface area contributed by atoms with Crippen LogP contribution in [0.25, 0.3) is 0 Å². The average molecular weight is 336 g/mol. The van der Waals surface area contributed by atoms with E-state index in [1.54, 1.807) is 0 Å². The molecular weight excluding hydrogens is 319 g/mol. The maximum Gasteiger partial charge on any atom is 0.407 e. The first kappa shape index (κ1) is 17.5. The summed E-state index contributed by atoms with van der Waals surface area (Å²) >= 11 is 0. The lowest BCUT2D eigenvalue weighted by molar-refractivity contribution is 0.0902. The number of nitriles is 1. The SMILES string of the molecule is N#Cc1cnc(C(=O)NC2CCN(C(=O)O)CC2)cc1OCCF. The molecule has 0 radical (unpaired) electrons. The second kappa shape index (κ2) is 8.10. The third-order valence-electron chi connectivity index (χ3n) is 3.65. The molecule has 0 aromatic carbocycles. The molecule has 1 aliphatic rings. The van der Waals surface area contributed by atoms with Gasteiger partial charge in [-0.05, 0) is 12.8 Å². The van der Waals surface area contributed by atoms with Gasteiger partial charge < -0.3 is 20.1 Å². The molecule has 0 unspecified atom stereocenters. The quantitative estimate of drug-likeness (QED) is 0.834. The van der Waals surface area contributed by atoms with Crippen LogP contribution in [0.5, 0.6) is 5.75 Å². The molecule has 0 aliphatic carbocycles. The predicted molar refractivity (Wildman–Crippen MR) is 80.5 cm³/mol. The number of hydrogen-bond acceptors (Lipinski definition) is 5. The summed E-state index contributed by atoms with van der Waals surface area (Å²) in [6.07, 6.45) is 1.26. The highest BCUT2D eigenvalue weighted by atomic mass is 19.1. The molecule has 2 rings (SSSR count). The first-order chi connectivity index (χ1) is 11.5. The lowest BCUT2D eigenvalue weighted by Gasteiger charge is -2.30. The van der Waals surface area contributed by atoms with E-state index in [1.165, 1.54) is 17.2 Å². The van der Waals surface area contributed by atoms with E-state index >= 15 is 0 Å². The minimum absolute atomic E-state index is 0.0588. The summed E-state index contributed by atoms with van der Waals surface area (Å²) in [5.74, 6) is -0.339. The van der Waals surface area contributed by atoms with Crippen molar-refractivity contribution in [3.8, 4) is 11.8 Å². The Hall–Kier alpha value is -2.89. The number of nitrogens with zero attached hydrogens (tertiary/aromatic N) is 3. The third kappa shape index (κ3) is 4.32. The van der Waals surface area contributed by atoms with E-state index in [1.807, 2.05) is 6.07 Å².